The molecule has 1 aromatic carbocycles. The van der Waals surface area contributed by atoms with Crippen LogP contribution in [-0.2, 0) is 16.0 Å². The zero-order valence-corrected chi connectivity index (χ0v) is 12.1. The Morgan fingerprint density at radius 2 is 2.00 bits per heavy atom. The van der Waals surface area contributed by atoms with E-state index < -0.39 is 0 Å². The van der Waals surface area contributed by atoms with Crippen LogP contribution in [0, 0.1) is 0 Å². The lowest BCUT2D eigenvalue weighted by Crippen LogP contribution is -2.15. The second-order valence-corrected chi connectivity index (χ2v) is 4.75. The van der Waals surface area contributed by atoms with E-state index in [0.717, 1.165) is 38.1 Å². The summed E-state index contributed by atoms with van der Waals surface area (Å²) in [7, 11) is 1.69. The Kier molecular flexibility index (Phi) is 6.57. The molecule has 0 amide bonds. The lowest BCUT2D eigenvalue weighted by Gasteiger charge is -2.05. The minimum absolute atomic E-state index is 0.672. The number of rotatable bonds is 10. The number of hydrogen-bond donors (Lipinski definition) is 1. The molecule has 0 spiro atoms. The van der Waals surface area contributed by atoms with Gasteiger partial charge in [0.15, 0.2) is 0 Å². The molecule has 20 heavy (non-hydrogen) atoms. The monoisotopic (exact) mass is 277 g/mol. The Balaban J connectivity index is 1.57. The van der Waals surface area contributed by atoms with Crippen molar-refractivity contribution in [1.82, 2.24) is 5.32 Å². The van der Waals surface area contributed by atoms with Crippen molar-refractivity contribution in [2.24, 2.45) is 0 Å². The van der Waals surface area contributed by atoms with Crippen LogP contribution in [0.2, 0.25) is 0 Å². The first-order chi connectivity index (χ1) is 9.92. The van der Waals surface area contributed by atoms with Crippen molar-refractivity contribution in [3.8, 4) is 0 Å². The highest BCUT2D eigenvalue weighted by Crippen LogP contribution is 2.20. The molecule has 4 nitrogen and oxygen atoms in total. The summed E-state index contributed by atoms with van der Waals surface area (Å²) in [6.07, 6.45) is 4.02. The molecule has 2 rings (SSSR count). The topological polar surface area (TPSA) is 43.6 Å². The van der Waals surface area contributed by atoms with E-state index in [1.54, 1.807) is 7.11 Å². The Hall–Kier alpha value is -1.36. The van der Waals surface area contributed by atoms with Crippen molar-refractivity contribution in [1.29, 1.82) is 0 Å². The molecule has 0 bridgehead atoms. The van der Waals surface area contributed by atoms with Crippen molar-refractivity contribution >= 4 is 11.0 Å². The summed E-state index contributed by atoms with van der Waals surface area (Å²) in [4.78, 5) is 0. The van der Waals surface area contributed by atoms with Crippen molar-refractivity contribution in [3.63, 3.8) is 0 Å². The summed E-state index contributed by atoms with van der Waals surface area (Å²) >= 11 is 0. The fourth-order valence-electron chi connectivity index (χ4n) is 2.09. The molecule has 2 aromatic rings. The first kappa shape index (κ1) is 15.0. The fourth-order valence-corrected chi connectivity index (χ4v) is 2.09. The zero-order chi connectivity index (χ0) is 14.0. The molecule has 4 heteroatoms. The van der Waals surface area contributed by atoms with Gasteiger partial charge in [0, 0.05) is 31.2 Å². The van der Waals surface area contributed by atoms with Gasteiger partial charge in [-0.1, -0.05) is 18.2 Å². The third-order valence-electron chi connectivity index (χ3n) is 3.20. The lowest BCUT2D eigenvalue weighted by molar-refractivity contribution is 0.0688. The van der Waals surface area contributed by atoms with Crippen LogP contribution < -0.4 is 5.32 Å². The van der Waals surface area contributed by atoms with Crippen LogP contribution >= 0.6 is 0 Å². The van der Waals surface area contributed by atoms with Gasteiger partial charge in [0.05, 0.1) is 19.5 Å². The van der Waals surface area contributed by atoms with Gasteiger partial charge in [-0.2, -0.15) is 0 Å². The van der Waals surface area contributed by atoms with Crippen molar-refractivity contribution in [2.75, 3.05) is 33.5 Å². The Labute approximate surface area is 120 Å². The van der Waals surface area contributed by atoms with Crippen molar-refractivity contribution in [3.05, 3.63) is 36.1 Å². The molecule has 0 saturated heterocycles. The normalized spacial score (nSPS) is 11.2. The fraction of sp³-hybridized carbons (Fsp3) is 0.500. The molecule has 1 heterocycles. The summed E-state index contributed by atoms with van der Waals surface area (Å²) in [5, 5.41) is 4.64. The average molecular weight is 277 g/mol. The summed E-state index contributed by atoms with van der Waals surface area (Å²) in [6.45, 7) is 4.01. The second-order valence-electron chi connectivity index (χ2n) is 4.75. The molecule has 0 aliphatic heterocycles. The highest BCUT2D eigenvalue weighted by Gasteiger charge is 2.03. The van der Waals surface area contributed by atoms with Gasteiger partial charge in [-0.3, -0.25) is 0 Å². The van der Waals surface area contributed by atoms with Crippen LogP contribution in [0.25, 0.3) is 11.0 Å². The predicted octanol–water partition coefficient (Wildman–Crippen LogP) is 2.97. The third kappa shape index (κ3) is 4.63. The summed E-state index contributed by atoms with van der Waals surface area (Å²) < 4.78 is 15.8. The van der Waals surface area contributed by atoms with Gasteiger partial charge in [-0.05, 0) is 25.5 Å². The standard InChI is InChI=1S/C16H23NO3/c1-18-10-11-19-9-5-4-8-17-12-14-13-20-16-7-3-2-6-15(14)16/h2-3,6-7,13,17H,4-5,8-12H2,1H3. The molecule has 0 atom stereocenters. The Morgan fingerprint density at radius 1 is 1.10 bits per heavy atom. The van der Waals surface area contributed by atoms with Gasteiger partial charge in [-0.25, -0.2) is 0 Å². The van der Waals surface area contributed by atoms with E-state index >= 15 is 0 Å². The van der Waals surface area contributed by atoms with Crippen LogP contribution in [0.3, 0.4) is 0 Å². The van der Waals surface area contributed by atoms with Crippen LogP contribution in [0.5, 0.6) is 0 Å². The number of nitrogens with one attached hydrogen (secondary N) is 1. The molecular weight excluding hydrogens is 254 g/mol. The Morgan fingerprint density at radius 3 is 2.90 bits per heavy atom. The SMILES string of the molecule is COCCOCCCCNCc1coc2ccccc12. The van der Waals surface area contributed by atoms with E-state index in [2.05, 4.69) is 11.4 Å². The van der Waals surface area contributed by atoms with Gasteiger partial charge in [0.1, 0.15) is 5.58 Å². The van der Waals surface area contributed by atoms with Gasteiger partial charge < -0.3 is 19.2 Å². The van der Waals surface area contributed by atoms with Crippen LogP contribution in [0.4, 0.5) is 0 Å². The smallest absolute Gasteiger partial charge is 0.134 e. The molecule has 0 unspecified atom stereocenters. The molecular formula is C16H23NO3. The molecule has 1 aromatic heterocycles. The average Bonchev–Trinajstić information content (AvgIpc) is 2.89. The van der Waals surface area contributed by atoms with Crippen molar-refractivity contribution < 1.29 is 13.9 Å². The number of furan rings is 1. The van der Waals surface area contributed by atoms with E-state index in [0.29, 0.717) is 13.2 Å². The van der Waals surface area contributed by atoms with Crippen LogP contribution in [0.1, 0.15) is 18.4 Å². The number of benzene rings is 1. The summed E-state index contributed by atoms with van der Waals surface area (Å²) in [5.41, 5.74) is 2.17. The first-order valence-electron chi connectivity index (χ1n) is 7.14. The van der Waals surface area contributed by atoms with Crippen LogP contribution in [0.15, 0.2) is 34.9 Å². The second kappa shape index (κ2) is 8.74. The maximum Gasteiger partial charge on any atom is 0.134 e. The number of para-hydroxylation sites is 1. The van der Waals surface area contributed by atoms with E-state index in [1.807, 2.05) is 24.5 Å². The maximum absolute atomic E-state index is 5.51. The predicted molar refractivity (Wildman–Crippen MR) is 79.8 cm³/mol. The zero-order valence-electron chi connectivity index (χ0n) is 12.1. The highest BCUT2D eigenvalue weighted by atomic mass is 16.5. The molecule has 0 radical (unpaired) electrons. The van der Waals surface area contributed by atoms with E-state index in [1.165, 1.54) is 10.9 Å². The Bertz CT molecular complexity index is 495. The van der Waals surface area contributed by atoms with Gasteiger partial charge in [0.2, 0.25) is 0 Å². The van der Waals surface area contributed by atoms with Crippen LogP contribution in [-0.4, -0.2) is 33.5 Å². The van der Waals surface area contributed by atoms with Gasteiger partial charge >= 0.3 is 0 Å². The lowest BCUT2D eigenvalue weighted by atomic mass is 10.2. The first-order valence-corrected chi connectivity index (χ1v) is 7.14. The minimum Gasteiger partial charge on any atom is -0.464 e. The maximum atomic E-state index is 5.51. The van der Waals surface area contributed by atoms with Gasteiger partial charge in [-0.15, -0.1) is 0 Å². The summed E-state index contributed by atoms with van der Waals surface area (Å²) in [6, 6.07) is 8.13. The number of unbranched alkanes of at least 4 members (excludes halogenated alkanes) is 1. The number of hydrogen-bond acceptors (Lipinski definition) is 4. The number of methoxy groups -OCH3 is 1. The largest absolute Gasteiger partial charge is 0.464 e. The summed E-state index contributed by atoms with van der Waals surface area (Å²) in [5.74, 6) is 0. The number of ether oxygens (including phenoxy) is 2. The van der Waals surface area contributed by atoms with E-state index in [-0.39, 0.29) is 0 Å². The highest BCUT2D eigenvalue weighted by molar-refractivity contribution is 5.80. The third-order valence-corrected chi connectivity index (χ3v) is 3.20. The molecule has 0 aliphatic carbocycles. The quantitative estimate of drug-likeness (QED) is 0.678. The minimum atomic E-state index is 0.672. The number of fused-ring (bicyclic) bond motifs is 1. The molecule has 0 saturated carbocycles. The van der Waals surface area contributed by atoms with Gasteiger partial charge in [0.25, 0.3) is 0 Å². The molecule has 1 N–H and O–H groups in total. The molecule has 0 fully saturated rings. The molecule has 0 aliphatic rings. The van der Waals surface area contributed by atoms with E-state index in [4.69, 9.17) is 13.9 Å². The van der Waals surface area contributed by atoms with Crippen molar-refractivity contribution in [2.45, 2.75) is 19.4 Å². The van der Waals surface area contributed by atoms with E-state index in [9.17, 15) is 0 Å². The molecule has 110 valence electrons.